The number of benzene rings is 1. The van der Waals surface area contributed by atoms with Crippen LogP contribution in [0.3, 0.4) is 0 Å². The first kappa shape index (κ1) is 14.3. The van der Waals surface area contributed by atoms with Crippen molar-refractivity contribution >= 4 is 34.8 Å². The fourth-order valence-electron chi connectivity index (χ4n) is 1.40. The zero-order valence-electron chi connectivity index (χ0n) is 9.67. The first-order valence-corrected chi connectivity index (χ1v) is 6.25. The minimum absolute atomic E-state index is 0.0742. The Bertz CT molecular complexity index is 394. The summed E-state index contributed by atoms with van der Waals surface area (Å²) in [7, 11) is 0. The van der Waals surface area contributed by atoms with Crippen LogP contribution in [0.5, 0.6) is 0 Å². The SMILES string of the molecule is CC(N)CCCC(=O)Nc1cccc(Cl)c1Cl. The Morgan fingerprint density at radius 2 is 2.18 bits per heavy atom. The number of halogens is 2. The fourth-order valence-corrected chi connectivity index (χ4v) is 1.75. The predicted molar refractivity (Wildman–Crippen MR) is 72.6 cm³/mol. The molecule has 0 saturated heterocycles. The number of hydrogen-bond acceptors (Lipinski definition) is 2. The summed E-state index contributed by atoms with van der Waals surface area (Å²) in [6.07, 6.45) is 2.03. The maximum atomic E-state index is 11.6. The summed E-state index contributed by atoms with van der Waals surface area (Å²) in [5, 5.41) is 3.53. The van der Waals surface area contributed by atoms with E-state index in [0.717, 1.165) is 12.8 Å². The van der Waals surface area contributed by atoms with Gasteiger partial charge in [-0.05, 0) is 31.9 Å². The molecule has 0 bridgehead atoms. The summed E-state index contributed by atoms with van der Waals surface area (Å²) in [5.74, 6) is -0.0742. The minimum Gasteiger partial charge on any atom is -0.328 e. The number of amides is 1. The van der Waals surface area contributed by atoms with Crippen LogP contribution in [0.4, 0.5) is 5.69 Å². The van der Waals surface area contributed by atoms with Crippen molar-refractivity contribution in [2.75, 3.05) is 5.32 Å². The Hall–Kier alpha value is -0.770. The topological polar surface area (TPSA) is 55.1 Å². The molecule has 0 aliphatic rings. The molecule has 0 heterocycles. The Morgan fingerprint density at radius 3 is 2.82 bits per heavy atom. The number of anilines is 1. The van der Waals surface area contributed by atoms with E-state index in [1.54, 1.807) is 18.2 Å². The number of hydrogen-bond donors (Lipinski definition) is 2. The number of nitrogens with two attached hydrogens (primary N) is 1. The predicted octanol–water partition coefficient (Wildman–Crippen LogP) is 3.45. The second-order valence-electron chi connectivity index (χ2n) is 4.02. The first-order chi connectivity index (χ1) is 8.00. The third-order valence-corrected chi connectivity index (χ3v) is 3.11. The van der Waals surface area contributed by atoms with Crippen LogP contribution in [0.2, 0.25) is 10.0 Å². The molecule has 1 aromatic carbocycles. The first-order valence-electron chi connectivity index (χ1n) is 5.50. The molecule has 1 aromatic rings. The van der Waals surface area contributed by atoms with Crippen molar-refractivity contribution in [2.45, 2.75) is 32.2 Å². The van der Waals surface area contributed by atoms with Gasteiger partial charge in [0.2, 0.25) is 5.91 Å². The lowest BCUT2D eigenvalue weighted by molar-refractivity contribution is -0.116. The number of nitrogens with one attached hydrogen (secondary N) is 1. The molecule has 1 rings (SSSR count). The van der Waals surface area contributed by atoms with E-state index in [4.69, 9.17) is 28.9 Å². The van der Waals surface area contributed by atoms with Crippen LogP contribution < -0.4 is 11.1 Å². The molecule has 0 aliphatic carbocycles. The van der Waals surface area contributed by atoms with E-state index in [9.17, 15) is 4.79 Å². The lowest BCUT2D eigenvalue weighted by Gasteiger charge is -2.08. The molecule has 0 aliphatic heterocycles. The molecule has 0 fully saturated rings. The summed E-state index contributed by atoms with van der Waals surface area (Å²) in [4.78, 5) is 11.6. The second-order valence-corrected chi connectivity index (χ2v) is 4.80. The highest BCUT2D eigenvalue weighted by atomic mass is 35.5. The molecule has 0 saturated carbocycles. The molecule has 1 atom stereocenters. The van der Waals surface area contributed by atoms with Gasteiger partial charge in [-0.15, -0.1) is 0 Å². The van der Waals surface area contributed by atoms with E-state index in [-0.39, 0.29) is 11.9 Å². The molecule has 0 spiro atoms. The largest absolute Gasteiger partial charge is 0.328 e. The van der Waals surface area contributed by atoms with Gasteiger partial charge in [0.1, 0.15) is 0 Å². The van der Waals surface area contributed by atoms with Crippen molar-refractivity contribution in [3.8, 4) is 0 Å². The van der Waals surface area contributed by atoms with Crippen LogP contribution in [-0.4, -0.2) is 11.9 Å². The van der Waals surface area contributed by atoms with Crippen LogP contribution in [0, 0.1) is 0 Å². The average Bonchev–Trinajstić information content (AvgIpc) is 2.24. The third-order valence-electron chi connectivity index (χ3n) is 2.29. The van der Waals surface area contributed by atoms with Gasteiger partial charge in [0.25, 0.3) is 0 Å². The van der Waals surface area contributed by atoms with Gasteiger partial charge < -0.3 is 11.1 Å². The molecule has 0 radical (unpaired) electrons. The van der Waals surface area contributed by atoms with E-state index >= 15 is 0 Å². The van der Waals surface area contributed by atoms with Gasteiger partial charge in [0.05, 0.1) is 15.7 Å². The number of rotatable bonds is 5. The number of carbonyl (C=O) groups is 1. The minimum atomic E-state index is -0.0742. The zero-order valence-corrected chi connectivity index (χ0v) is 11.2. The Kier molecular flexibility index (Phi) is 5.75. The summed E-state index contributed by atoms with van der Waals surface area (Å²) in [5.41, 5.74) is 6.15. The molecule has 3 N–H and O–H groups in total. The van der Waals surface area contributed by atoms with Crippen LogP contribution in [0.15, 0.2) is 18.2 Å². The van der Waals surface area contributed by atoms with E-state index in [2.05, 4.69) is 5.32 Å². The van der Waals surface area contributed by atoms with E-state index < -0.39 is 0 Å². The van der Waals surface area contributed by atoms with Crippen molar-refractivity contribution in [1.29, 1.82) is 0 Å². The van der Waals surface area contributed by atoms with Crippen molar-refractivity contribution < 1.29 is 4.79 Å². The monoisotopic (exact) mass is 274 g/mol. The summed E-state index contributed by atoms with van der Waals surface area (Å²) in [6, 6.07) is 5.26. The highest BCUT2D eigenvalue weighted by Gasteiger charge is 2.08. The van der Waals surface area contributed by atoms with E-state index in [1.807, 2.05) is 6.92 Å². The van der Waals surface area contributed by atoms with Crippen LogP contribution >= 0.6 is 23.2 Å². The van der Waals surface area contributed by atoms with Crippen LogP contribution in [0.1, 0.15) is 26.2 Å². The van der Waals surface area contributed by atoms with Crippen molar-refractivity contribution in [3.63, 3.8) is 0 Å². The Morgan fingerprint density at radius 1 is 1.47 bits per heavy atom. The van der Waals surface area contributed by atoms with Gasteiger partial charge in [-0.25, -0.2) is 0 Å². The zero-order chi connectivity index (χ0) is 12.8. The lowest BCUT2D eigenvalue weighted by Crippen LogP contribution is -2.17. The average molecular weight is 275 g/mol. The van der Waals surface area contributed by atoms with Gasteiger partial charge in [-0.2, -0.15) is 0 Å². The molecule has 1 amide bonds. The quantitative estimate of drug-likeness (QED) is 0.864. The van der Waals surface area contributed by atoms with E-state index in [1.165, 1.54) is 0 Å². The Balaban J connectivity index is 2.48. The van der Waals surface area contributed by atoms with Crippen molar-refractivity contribution in [1.82, 2.24) is 0 Å². The van der Waals surface area contributed by atoms with Gasteiger partial charge in [0.15, 0.2) is 0 Å². The summed E-state index contributed by atoms with van der Waals surface area (Å²) in [6.45, 7) is 1.92. The van der Waals surface area contributed by atoms with Gasteiger partial charge >= 0.3 is 0 Å². The standard InChI is InChI=1S/C12H16Cl2N2O/c1-8(15)4-2-7-11(17)16-10-6-3-5-9(13)12(10)14/h3,5-6,8H,2,4,7,15H2,1H3,(H,16,17). The molecule has 94 valence electrons. The summed E-state index contributed by atoms with van der Waals surface area (Å²) >= 11 is 11.8. The van der Waals surface area contributed by atoms with Crippen molar-refractivity contribution in [2.24, 2.45) is 5.73 Å². The summed E-state index contributed by atoms with van der Waals surface area (Å²) < 4.78 is 0. The molecule has 3 nitrogen and oxygen atoms in total. The van der Waals surface area contributed by atoms with Crippen LogP contribution in [0.25, 0.3) is 0 Å². The Labute approximate surface area is 111 Å². The molecule has 5 heteroatoms. The number of carbonyl (C=O) groups excluding carboxylic acids is 1. The molecule has 17 heavy (non-hydrogen) atoms. The maximum absolute atomic E-state index is 11.6. The molecule has 0 aromatic heterocycles. The fraction of sp³-hybridized carbons (Fsp3) is 0.417. The lowest BCUT2D eigenvalue weighted by atomic mass is 10.1. The molecule has 1 unspecified atom stereocenters. The normalized spacial score (nSPS) is 12.2. The highest BCUT2D eigenvalue weighted by Crippen LogP contribution is 2.29. The molecular formula is C12H16Cl2N2O. The second kappa shape index (κ2) is 6.84. The third kappa shape index (κ3) is 4.94. The van der Waals surface area contributed by atoms with E-state index in [0.29, 0.717) is 22.2 Å². The highest BCUT2D eigenvalue weighted by molar-refractivity contribution is 6.43. The maximum Gasteiger partial charge on any atom is 0.224 e. The van der Waals surface area contributed by atoms with Gasteiger partial charge in [0, 0.05) is 12.5 Å². The van der Waals surface area contributed by atoms with Gasteiger partial charge in [-0.1, -0.05) is 29.3 Å². The van der Waals surface area contributed by atoms with Gasteiger partial charge in [-0.3, -0.25) is 4.79 Å². The van der Waals surface area contributed by atoms with Crippen molar-refractivity contribution in [3.05, 3.63) is 28.2 Å². The molecular weight excluding hydrogens is 259 g/mol. The van der Waals surface area contributed by atoms with Crippen LogP contribution in [-0.2, 0) is 4.79 Å². The smallest absolute Gasteiger partial charge is 0.224 e.